The largest absolute Gasteiger partial charge is 0.490 e. The molecular formula is C46H74O4S. The average molecular weight is 723 g/mol. The summed E-state index contributed by atoms with van der Waals surface area (Å²) in [7, 11) is 0. The van der Waals surface area contributed by atoms with Gasteiger partial charge in [0.05, 0.1) is 19.8 Å². The summed E-state index contributed by atoms with van der Waals surface area (Å²) < 4.78 is 19.6. The van der Waals surface area contributed by atoms with Crippen molar-refractivity contribution in [2.24, 2.45) is 0 Å². The first kappa shape index (κ1) is 44.8. The number of carbonyl (C=O) groups is 1. The molecule has 0 aliphatic heterocycles. The third-order valence-electron chi connectivity index (χ3n) is 9.04. The van der Waals surface area contributed by atoms with E-state index in [9.17, 15) is 4.79 Å². The van der Waals surface area contributed by atoms with Crippen LogP contribution < -0.4 is 14.2 Å². The lowest BCUT2D eigenvalue weighted by atomic mass is 10.1. The molecule has 0 radical (unpaired) electrons. The SMILES string of the molecule is CCCCCCCCCOc1cc(C=CC(=O)c2ccc(SC(C)(C)C)cc2)cc(OCCCCCCCCC)c1OCCCCCCCCC. The smallest absolute Gasteiger partial charge is 0.203 e. The number of hydrogen-bond donors (Lipinski definition) is 0. The van der Waals surface area contributed by atoms with Gasteiger partial charge in [-0.1, -0.05) is 163 Å². The lowest BCUT2D eigenvalue weighted by Crippen LogP contribution is -2.07. The van der Waals surface area contributed by atoms with Crippen LogP contribution in [0.4, 0.5) is 0 Å². The van der Waals surface area contributed by atoms with Crippen LogP contribution in [0, 0.1) is 0 Å². The zero-order valence-electron chi connectivity index (χ0n) is 33.6. The number of unbranched alkanes of at least 4 members (excludes halogenated alkanes) is 18. The topological polar surface area (TPSA) is 44.8 Å². The molecule has 0 aliphatic rings. The summed E-state index contributed by atoms with van der Waals surface area (Å²) in [5, 5.41) is 0. The molecule has 0 N–H and O–H groups in total. The molecule has 0 fully saturated rings. The Morgan fingerprint density at radius 3 is 1.37 bits per heavy atom. The minimum atomic E-state index is -0.0161. The Balaban J connectivity index is 2.21. The molecule has 0 amide bonds. The van der Waals surface area contributed by atoms with E-state index in [1.165, 1.54) is 120 Å². The number of ketones is 1. The van der Waals surface area contributed by atoms with Gasteiger partial charge in [-0.2, -0.15) is 0 Å². The van der Waals surface area contributed by atoms with Crippen LogP contribution in [-0.2, 0) is 0 Å². The Labute approximate surface area is 318 Å². The quantitative estimate of drug-likeness (QED) is 0.0335. The summed E-state index contributed by atoms with van der Waals surface area (Å²) in [6.45, 7) is 15.3. The van der Waals surface area contributed by atoms with Crippen LogP contribution in [0.15, 0.2) is 47.4 Å². The van der Waals surface area contributed by atoms with E-state index in [1.54, 1.807) is 17.8 Å². The number of ether oxygens (including phenoxy) is 3. The van der Waals surface area contributed by atoms with E-state index in [2.05, 4.69) is 41.5 Å². The second-order valence-electron chi connectivity index (χ2n) is 15.2. The molecule has 0 spiro atoms. The van der Waals surface area contributed by atoms with E-state index >= 15 is 0 Å². The Kier molecular flexibility index (Phi) is 24.7. The van der Waals surface area contributed by atoms with Gasteiger partial charge in [0.15, 0.2) is 17.3 Å². The summed E-state index contributed by atoms with van der Waals surface area (Å²) in [4.78, 5) is 14.4. The first-order chi connectivity index (χ1) is 24.8. The lowest BCUT2D eigenvalue weighted by Gasteiger charge is -2.18. The highest BCUT2D eigenvalue weighted by molar-refractivity contribution is 8.00. The molecule has 2 rings (SSSR count). The van der Waals surface area contributed by atoms with E-state index < -0.39 is 0 Å². The molecule has 0 aromatic heterocycles. The van der Waals surface area contributed by atoms with Gasteiger partial charge in [-0.05, 0) is 67.3 Å². The van der Waals surface area contributed by atoms with Crippen molar-refractivity contribution in [3.05, 3.63) is 53.6 Å². The van der Waals surface area contributed by atoms with Crippen molar-refractivity contribution < 1.29 is 19.0 Å². The fourth-order valence-corrected chi connectivity index (χ4v) is 7.05. The normalized spacial score (nSPS) is 11.7. The molecule has 0 saturated carbocycles. The molecule has 0 saturated heterocycles. The summed E-state index contributed by atoms with van der Waals surface area (Å²) in [5.74, 6) is 2.13. The molecule has 4 nitrogen and oxygen atoms in total. The van der Waals surface area contributed by atoms with Gasteiger partial charge in [0.1, 0.15) is 0 Å². The first-order valence-corrected chi connectivity index (χ1v) is 21.7. The van der Waals surface area contributed by atoms with Gasteiger partial charge in [0, 0.05) is 15.2 Å². The van der Waals surface area contributed by atoms with Gasteiger partial charge >= 0.3 is 0 Å². The molecule has 0 aliphatic carbocycles. The molecule has 288 valence electrons. The summed E-state index contributed by atoms with van der Waals surface area (Å²) in [6, 6.07) is 12.0. The minimum absolute atomic E-state index is 0.0161. The second kappa shape index (κ2) is 28.1. The molecule has 2 aromatic rings. The standard InChI is InChI=1S/C46H74O4S/c1-7-10-13-16-19-22-25-34-48-43-37-39(28-33-42(47)40-29-31-41(32-30-40)51-46(4,5)6)38-44(49-35-26-23-20-17-14-11-8-2)45(43)50-36-27-24-21-18-15-12-9-3/h28-33,37-38H,7-27,34-36H2,1-6H3. The number of hydrogen-bond acceptors (Lipinski definition) is 5. The van der Waals surface area contributed by atoms with Crippen molar-refractivity contribution in [2.75, 3.05) is 19.8 Å². The van der Waals surface area contributed by atoms with Gasteiger partial charge in [-0.15, -0.1) is 11.8 Å². The van der Waals surface area contributed by atoms with Crippen molar-refractivity contribution in [3.63, 3.8) is 0 Å². The Morgan fingerprint density at radius 1 is 0.569 bits per heavy atom. The van der Waals surface area contributed by atoms with Gasteiger partial charge < -0.3 is 14.2 Å². The summed E-state index contributed by atoms with van der Waals surface area (Å²) in [5.41, 5.74) is 1.57. The third kappa shape index (κ3) is 21.7. The van der Waals surface area contributed by atoms with Crippen LogP contribution >= 0.6 is 11.8 Å². The van der Waals surface area contributed by atoms with Gasteiger partial charge in [-0.3, -0.25) is 4.79 Å². The average Bonchev–Trinajstić information content (AvgIpc) is 3.11. The maximum Gasteiger partial charge on any atom is 0.203 e. The van der Waals surface area contributed by atoms with Crippen LogP contribution in [0.3, 0.4) is 0 Å². The third-order valence-corrected chi connectivity index (χ3v) is 10.2. The van der Waals surface area contributed by atoms with Crippen molar-refractivity contribution in [3.8, 4) is 17.2 Å². The maximum absolute atomic E-state index is 13.2. The molecule has 0 unspecified atom stereocenters. The van der Waals surface area contributed by atoms with Crippen molar-refractivity contribution in [1.82, 2.24) is 0 Å². The van der Waals surface area contributed by atoms with Crippen molar-refractivity contribution in [2.45, 2.75) is 186 Å². The number of allylic oxidation sites excluding steroid dienone is 1. The van der Waals surface area contributed by atoms with Crippen molar-refractivity contribution in [1.29, 1.82) is 0 Å². The van der Waals surface area contributed by atoms with Crippen LogP contribution in [0.2, 0.25) is 0 Å². The van der Waals surface area contributed by atoms with E-state index in [0.717, 1.165) is 36.3 Å². The van der Waals surface area contributed by atoms with Crippen molar-refractivity contribution >= 4 is 23.6 Å². The molecule has 51 heavy (non-hydrogen) atoms. The van der Waals surface area contributed by atoms with E-state index in [0.29, 0.717) is 31.1 Å². The predicted molar refractivity (Wildman–Crippen MR) is 222 cm³/mol. The predicted octanol–water partition coefficient (Wildman–Crippen LogP) is 14.9. The first-order valence-electron chi connectivity index (χ1n) is 20.8. The van der Waals surface area contributed by atoms with E-state index in [1.807, 2.05) is 42.5 Å². The Hall–Kier alpha value is -2.40. The van der Waals surface area contributed by atoms with Crippen LogP contribution in [-0.4, -0.2) is 30.4 Å². The van der Waals surface area contributed by atoms with Crippen LogP contribution in [0.5, 0.6) is 17.2 Å². The zero-order valence-corrected chi connectivity index (χ0v) is 34.4. The van der Waals surface area contributed by atoms with Gasteiger partial charge in [-0.25, -0.2) is 0 Å². The number of thioether (sulfide) groups is 1. The summed E-state index contributed by atoms with van der Waals surface area (Å²) in [6.07, 6.45) is 29.5. The molecule has 5 heteroatoms. The molecule has 0 heterocycles. The lowest BCUT2D eigenvalue weighted by molar-refractivity contribution is 0.104. The molecule has 2 aromatic carbocycles. The minimum Gasteiger partial charge on any atom is -0.490 e. The highest BCUT2D eigenvalue weighted by Gasteiger charge is 2.16. The summed E-state index contributed by atoms with van der Waals surface area (Å²) >= 11 is 1.81. The monoisotopic (exact) mass is 723 g/mol. The zero-order chi connectivity index (χ0) is 37.0. The molecule has 0 bridgehead atoms. The fraction of sp³-hybridized carbons (Fsp3) is 0.674. The van der Waals surface area contributed by atoms with Crippen LogP contribution in [0.1, 0.15) is 192 Å². The van der Waals surface area contributed by atoms with Gasteiger partial charge in [0.25, 0.3) is 0 Å². The van der Waals surface area contributed by atoms with E-state index in [4.69, 9.17) is 14.2 Å². The second-order valence-corrected chi connectivity index (χ2v) is 17.1. The Bertz CT molecular complexity index is 1160. The number of benzene rings is 2. The highest BCUT2D eigenvalue weighted by atomic mass is 32.2. The van der Waals surface area contributed by atoms with E-state index in [-0.39, 0.29) is 10.5 Å². The molecule has 0 atom stereocenters. The Morgan fingerprint density at radius 2 is 0.961 bits per heavy atom. The highest BCUT2D eigenvalue weighted by Crippen LogP contribution is 2.40. The molecular weight excluding hydrogens is 649 g/mol. The fourth-order valence-electron chi connectivity index (χ4n) is 6.07. The van der Waals surface area contributed by atoms with Crippen LogP contribution in [0.25, 0.3) is 6.08 Å². The maximum atomic E-state index is 13.2. The number of carbonyl (C=O) groups excluding carboxylic acids is 1. The number of rotatable bonds is 31. The van der Waals surface area contributed by atoms with Gasteiger partial charge in [0.2, 0.25) is 5.75 Å².